The molecule has 36 heavy (non-hydrogen) atoms. The molecular formula is C32H27Br2IO. The molecule has 1 fully saturated rings. The van der Waals surface area contributed by atoms with Crippen molar-refractivity contribution in [3.8, 4) is 24.2 Å². The Morgan fingerprint density at radius 2 is 1.00 bits per heavy atom. The highest BCUT2D eigenvalue weighted by Crippen LogP contribution is 2.11. The smallest absolute Gasteiger partial charge is 0.0466 e. The van der Waals surface area contributed by atoms with Crippen LogP contribution in [0.3, 0.4) is 0 Å². The quantitative estimate of drug-likeness (QED) is 0.130. The van der Waals surface area contributed by atoms with Gasteiger partial charge in [0.25, 0.3) is 0 Å². The second-order valence-corrected chi connectivity index (χ2v) is 10.5. The van der Waals surface area contributed by atoms with E-state index in [1.54, 1.807) is 0 Å². The fourth-order valence-electron chi connectivity index (χ4n) is 2.67. The van der Waals surface area contributed by atoms with Crippen LogP contribution in [0.2, 0.25) is 0 Å². The Bertz CT molecular complexity index is 1190. The molecule has 1 aliphatic rings. The molecule has 0 N–H and O–H groups in total. The van der Waals surface area contributed by atoms with Gasteiger partial charge in [0.05, 0.1) is 0 Å². The van der Waals surface area contributed by atoms with Crippen molar-refractivity contribution in [2.45, 2.75) is 12.8 Å². The number of hydrogen-bond donors (Lipinski definition) is 0. The Labute approximate surface area is 246 Å². The standard InChI is InChI=1S/C14H9Br.C8H6.C6H4BrI.C4H8O/c15-14-10-8-13(9-11-14)7-6-12-4-2-1-3-5-12;1-2-8-6-4-3-5-7-8;7-5-1-3-6(8)4-2-5;1-2-4-5-3-1/h1-5,8-11H;1,3-7H;1-4H;1-4H2. The van der Waals surface area contributed by atoms with Gasteiger partial charge in [0.1, 0.15) is 0 Å². The lowest BCUT2D eigenvalue weighted by Gasteiger charge is -1.90. The zero-order valence-electron chi connectivity index (χ0n) is 19.8. The molecule has 0 radical (unpaired) electrons. The van der Waals surface area contributed by atoms with Crippen LogP contribution >= 0.6 is 54.5 Å². The molecule has 4 aromatic rings. The van der Waals surface area contributed by atoms with E-state index in [0.717, 1.165) is 38.8 Å². The van der Waals surface area contributed by atoms with Gasteiger partial charge in [0.15, 0.2) is 0 Å². The van der Waals surface area contributed by atoms with Crippen molar-refractivity contribution in [1.29, 1.82) is 0 Å². The van der Waals surface area contributed by atoms with E-state index in [9.17, 15) is 0 Å². The minimum Gasteiger partial charge on any atom is -0.381 e. The van der Waals surface area contributed by atoms with Gasteiger partial charge in [-0.2, -0.15) is 0 Å². The third-order valence-electron chi connectivity index (χ3n) is 4.54. The predicted octanol–water partition coefficient (Wildman–Crippen LogP) is 9.37. The molecule has 4 aromatic carbocycles. The molecule has 0 saturated carbocycles. The van der Waals surface area contributed by atoms with Crippen LogP contribution in [-0.4, -0.2) is 13.2 Å². The van der Waals surface area contributed by atoms with Crippen molar-refractivity contribution >= 4 is 54.5 Å². The molecule has 1 heterocycles. The van der Waals surface area contributed by atoms with Gasteiger partial charge in [-0.15, -0.1) is 6.42 Å². The van der Waals surface area contributed by atoms with Gasteiger partial charge < -0.3 is 4.74 Å². The van der Waals surface area contributed by atoms with Crippen molar-refractivity contribution in [1.82, 2.24) is 0 Å². The van der Waals surface area contributed by atoms with Crippen molar-refractivity contribution in [3.05, 3.63) is 138 Å². The lowest BCUT2D eigenvalue weighted by molar-refractivity contribution is 0.198. The van der Waals surface area contributed by atoms with E-state index in [0.29, 0.717) is 0 Å². The van der Waals surface area contributed by atoms with Crippen LogP contribution in [0.15, 0.2) is 118 Å². The fraction of sp³-hybridized carbons (Fsp3) is 0.125. The SMILES string of the molecule is Brc1ccc(C#Cc2ccccc2)cc1.Brc1ccc(I)cc1.C#Cc1ccccc1.C1CCOC1. The first-order chi connectivity index (χ1) is 17.6. The zero-order valence-corrected chi connectivity index (χ0v) is 25.2. The molecule has 0 spiro atoms. The normalized spacial score (nSPS) is 10.9. The summed E-state index contributed by atoms with van der Waals surface area (Å²) >= 11 is 9.01. The molecular weight excluding hydrogens is 687 g/mol. The predicted molar refractivity (Wildman–Crippen MR) is 168 cm³/mol. The van der Waals surface area contributed by atoms with Gasteiger partial charge in [-0.1, -0.05) is 86.0 Å². The van der Waals surface area contributed by atoms with Crippen molar-refractivity contribution < 1.29 is 4.74 Å². The molecule has 4 heteroatoms. The van der Waals surface area contributed by atoms with Gasteiger partial charge in [-0.3, -0.25) is 0 Å². The minimum absolute atomic E-state index is 0.938. The lowest BCUT2D eigenvalue weighted by Crippen LogP contribution is -1.74. The molecule has 1 saturated heterocycles. The average molecular weight is 714 g/mol. The Balaban J connectivity index is 0.000000184. The van der Waals surface area contributed by atoms with E-state index in [1.807, 2.05) is 97.1 Å². The van der Waals surface area contributed by atoms with Gasteiger partial charge in [-0.05, 0) is 108 Å². The second-order valence-electron chi connectivity index (χ2n) is 7.39. The molecule has 182 valence electrons. The highest BCUT2D eigenvalue weighted by molar-refractivity contribution is 14.1. The summed E-state index contributed by atoms with van der Waals surface area (Å²) in [5.74, 6) is 8.76. The topological polar surface area (TPSA) is 9.23 Å². The Hall–Kier alpha value is -2.35. The molecule has 0 amide bonds. The molecule has 0 unspecified atom stereocenters. The van der Waals surface area contributed by atoms with Crippen LogP contribution in [0.4, 0.5) is 0 Å². The molecule has 1 nitrogen and oxygen atoms in total. The zero-order chi connectivity index (χ0) is 25.8. The number of hydrogen-bond acceptors (Lipinski definition) is 1. The molecule has 0 aromatic heterocycles. The molecule has 5 rings (SSSR count). The maximum absolute atomic E-state index is 5.10. The Morgan fingerprint density at radius 3 is 1.36 bits per heavy atom. The summed E-state index contributed by atoms with van der Waals surface area (Å²) in [6, 6.07) is 35.8. The number of benzene rings is 4. The summed E-state index contributed by atoms with van der Waals surface area (Å²) < 4.78 is 8.43. The van der Waals surface area contributed by atoms with Crippen molar-refractivity contribution in [2.75, 3.05) is 13.2 Å². The van der Waals surface area contributed by atoms with E-state index < -0.39 is 0 Å². The maximum Gasteiger partial charge on any atom is 0.0466 e. The highest BCUT2D eigenvalue weighted by atomic mass is 127. The van der Waals surface area contributed by atoms with Crippen LogP contribution < -0.4 is 0 Å². The van der Waals surface area contributed by atoms with Crippen LogP contribution in [-0.2, 0) is 4.74 Å². The number of terminal acetylenes is 1. The number of ether oxygens (including phenoxy) is 1. The van der Waals surface area contributed by atoms with Gasteiger partial charge in [0.2, 0.25) is 0 Å². The van der Waals surface area contributed by atoms with E-state index in [2.05, 4.69) is 84.3 Å². The van der Waals surface area contributed by atoms with E-state index in [1.165, 1.54) is 16.4 Å². The first kappa shape index (κ1) is 29.9. The summed E-state index contributed by atoms with van der Waals surface area (Å²) in [5, 5.41) is 0. The second kappa shape index (κ2) is 18.9. The number of rotatable bonds is 0. The third-order valence-corrected chi connectivity index (χ3v) is 6.32. The molecule has 0 bridgehead atoms. The van der Waals surface area contributed by atoms with E-state index in [4.69, 9.17) is 11.2 Å². The summed E-state index contributed by atoms with van der Waals surface area (Å²) in [6.45, 7) is 2.00. The average Bonchev–Trinajstić information content (AvgIpc) is 3.53. The monoisotopic (exact) mass is 712 g/mol. The van der Waals surface area contributed by atoms with Crippen molar-refractivity contribution in [2.24, 2.45) is 0 Å². The first-order valence-electron chi connectivity index (χ1n) is 11.4. The van der Waals surface area contributed by atoms with E-state index in [-0.39, 0.29) is 0 Å². The first-order valence-corrected chi connectivity index (χ1v) is 14.1. The molecule has 0 aliphatic carbocycles. The summed E-state index contributed by atoms with van der Waals surface area (Å²) in [5.41, 5.74) is 3.01. The van der Waals surface area contributed by atoms with Crippen molar-refractivity contribution in [3.63, 3.8) is 0 Å². The summed E-state index contributed by atoms with van der Waals surface area (Å²) in [6.07, 6.45) is 7.66. The van der Waals surface area contributed by atoms with Gasteiger partial charge >= 0.3 is 0 Å². The van der Waals surface area contributed by atoms with Crippen LogP contribution in [0, 0.1) is 27.8 Å². The Kier molecular flexibility index (Phi) is 15.6. The van der Waals surface area contributed by atoms with Gasteiger partial charge in [0, 0.05) is 42.4 Å². The minimum atomic E-state index is 0.938. The summed E-state index contributed by atoms with van der Waals surface area (Å²) in [4.78, 5) is 0. The largest absolute Gasteiger partial charge is 0.381 e. The third kappa shape index (κ3) is 14.3. The molecule has 1 aliphatic heterocycles. The van der Waals surface area contributed by atoms with E-state index >= 15 is 0 Å². The fourth-order valence-corrected chi connectivity index (χ4v) is 3.56. The maximum atomic E-state index is 5.10. The number of halogens is 3. The van der Waals surface area contributed by atoms with Crippen LogP contribution in [0.5, 0.6) is 0 Å². The highest BCUT2D eigenvalue weighted by Gasteiger charge is 1.94. The van der Waals surface area contributed by atoms with Crippen LogP contribution in [0.25, 0.3) is 0 Å². The van der Waals surface area contributed by atoms with Gasteiger partial charge in [-0.25, -0.2) is 0 Å². The molecule has 0 atom stereocenters. The summed E-state index contributed by atoms with van der Waals surface area (Å²) in [7, 11) is 0. The lowest BCUT2D eigenvalue weighted by atomic mass is 10.2. The van der Waals surface area contributed by atoms with Crippen LogP contribution in [0.1, 0.15) is 29.5 Å². The Morgan fingerprint density at radius 1 is 0.583 bits per heavy atom.